The second kappa shape index (κ2) is 6.75. The van der Waals surface area contributed by atoms with Crippen LogP contribution in [-0.4, -0.2) is 49.1 Å². The van der Waals surface area contributed by atoms with Crippen molar-refractivity contribution in [2.24, 2.45) is 5.73 Å². The standard InChI is InChI=1S/C13H23N3O2/c14-13(17)10-16-6-4-11(5-7-16)15-9-12-3-1-2-8-18-12/h2,8,11-12,15H,1,3-7,9-10H2,(H2,14,17). The molecular weight excluding hydrogens is 230 g/mol. The van der Waals surface area contributed by atoms with Gasteiger partial charge in [-0.25, -0.2) is 0 Å². The fourth-order valence-electron chi connectivity index (χ4n) is 2.55. The molecule has 0 saturated carbocycles. The molecule has 1 amide bonds. The SMILES string of the molecule is NC(=O)CN1CCC(NCC2CCC=CO2)CC1. The number of piperidine rings is 1. The third-order valence-corrected chi connectivity index (χ3v) is 3.62. The first-order chi connectivity index (χ1) is 8.74. The summed E-state index contributed by atoms with van der Waals surface area (Å²) in [6.07, 6.45) is 8.57. The quantitative estimate of drug-likeness (QED) is 0.735. The third-order valence-electron chi connectivity index (χ3n) is 3.62. The van der Waals surface area contributed by atoms with Crippen LogP contribution in [0.4, 0.5) is 0 Å². The number of nitrogens with zero attached hydrogens (tertiary/aromatic N) is 1. The molecule has 0 aromatic carbocycles. The summed E-state index contributed by atoms with van der Waals surface area (Å²) in [5.74, 6) is -0.233. The number of amides is 1. The van der Waals surface area contributed by atoms with Gasteiger partial charge in [-0.2, -0.15) is 0 Å². The summed E-state index contributed by atoms with van der Waals surface area (Å²) in [5, 5.41) is 3.56. The van der Waals surface area contributed by atoms with Crippen LogP contribution < -0.4 is 11.1 Å². The predicted octanol–water partition coefficient (Wildman–Crippen LogP) is 0.218. The zero-order valence-electron chi connectivity index (χ0n) is 10.8. The number of primary amides is 1. The van der Waals surface area contributed by atoms with Crippen molar-refractivity contribution in [3.63, 3.8) is 0 Å². The molecule has 1 unspecified atom stereocenters. The van der Waals surface area contributed by atoms with Crippen LogP contribution in [0.1, 0.15) is 25.7 Å². The summed E-state index contributed by atoms with van der Waals surface area (Å²) in [5.41, 5.74) is 5.19. The first kappa shape index (κ1) is 13.4. The molecular formula is C13H23N3O2. The van der Waals surface area contributed by atoms with Crippen molar-refractivity contribution in [1.82, 2.24) is 10.2 Å². The van der Waals surface area contributed by atoms with Crippen LogP contribution in [0, 0.1) is 0 Å². The summed E-state index contributed by atoms with van der Waals surface area (Å²) in [4.78, 5) is 12.9. The van der Waals surface area contributed by atoms with Crippen LogP contribution in [0.2, 0.25) is 0 Å². The van der Waals surface area contributed by atoms with Crippen molar-refractivity contribution in [3.8, 4) is 0 Å². The summed E-state index contributed by atoms with van der Waals surface area (Å²) in [6.45, 7) is 3.21. The van der Waals surface area contributed by atoms with Gasteiger partial charge in [0.05, 0.1) is 12.8 Å². The van der Waals surface area contributed by atoms with E-state index >= 15 is 0 Å². The van der Waals surface area contributed by atoms with Crippen molar-refractivity contribution in [2.75, 3.05) is 26.2 Å². The van der Waals surface area contributed by atoms with Crippen LogP contribution in [0.3, 0.4) is 0 Å². The van der Waals surface area contributed by atoms with Gasteiger partial charge in [0.1, 0.15) is 6.10 Å². The maximum atomic E-state index is 10.8. The van der Waals surface area contributed by atoms with E-state index in [4.69, 9.17) is 10.5 Å². The Kier molecular flexibility index (Phi) is 5.01. The smallest absolute Gasteiger partial charge is 0.231 e. The Hall–Kier alpha value is -1.07. The van der Waals surface area contributed by atoms with Gasteiger partial charge >= 0.3 is 0 Å². The van der Waals surface area contributed by atoms with Gasteiger partial charge in [-0.1, -0.05) is 0 Å². The van der Waals surface area contributed by atoms with E-state index in [0.717, 1.165) is 45.3 Å². The Morgan fingerprint density at radius 1 is 1.39 bits per heavy atom. The van der Waals surface area contributed by atoms with Gasteiger partial charge in [0, 0.05) is 25.7 Å². The minimum Gasteiger partial charge on any atom is -0.497 e. The number of nitrogens with two attached hydrogens (primary N) is 1. The zero-order chi connectivity index (χ0) is 12.8. The number of carbonyl (C=O) groups excluding carboxylic acids is 1. The normalized spacial score (nSPS) is 25.9. The lowest BCUT2D eigenvalue weighted by atomic mass is 10.0. The average molecular weight is 253 g/mol. The van der Waals surface area contributed by atoms with Crippen molar-refractivity contribution in [1.29, 1.82) is 0 Å². The molecule has 0 aromatic heterocycles. The van der Waals surface area contributed by atoms with E-state index < -0.39 is 0 Å². The molecule has 0 aliphatic carbocycles. The molecule has 5 nitrogen and oxygen atoms in total. The summed E-state index contributed by atoms with van der Waals surface area (Å²) >= 11 is 0. The molecule has 0 bridgehead atoms. The Morgan fingerprint density at radius 2 is 2.17 bits per heavy atom. The Morgan fingerprint density at radius 3 is 2.78 bits per heavy atom. The van der Waals surface area contributed by atoms with E-state index in [9.17, 15) is 4.79 Å². The topological polar surface area (TPSA) is 67.6 Å². The highest BCUT2D eigenvalue weighted by Crippen LogP contribution is 2.12. The monoisotopic (exact) mass is 253 g/mol. The second-order valence-corrected chi connectivity index (χ2v) is 5.13. The molecule has 3 N–H and O–H groups in total. The van der Waals surface area contributed by atoms with Crippen molar-refractivity contribution in [3.05, 3.63) is 12.3 Å². The summed E-state index contributed by atoms with van der Waals surface area (Å²) in [6, 6.07) is 0.545. The van der Waals surface area contributed by atoms with Gasteiger partial charge in [-0.05, 0) is 31.8 Å². The minimum absolute atomic E-state index is 0.233. The zero-order valence-corrected chi connectivity index (χ0v) is 10.8. The Labute approximate surface area is 108 Å². The highest BCUT2D eigenvalue weighted by Gasteiger charge is 2.21. The number of ether oxygens (including phenoxy) is 1. The van der Waals surface area contributed by atoms with Crippen molar-refractivity contribution >= 4 is 5.91 Å². The number of carbonyl (C=O) groups is 1. The number of nitrogens with one attached hydrogen (secondary N) is 1. The van der Waals surface area contributed by atoms with Crippen LogP contribution in [0.25, 0.3) is 0 Å². The predicted molar refractivity (Wildman–Crippen MR) is 69.9 cm³/mol. The number of likely N-dealkylation sites (tertiary alicyclic amines) is 1. The van der Waals surface area contributed by atoms with Gasteiger partial charge in [0.25, 0.3) is 0 Å². The highest BCUT2D eigenvalue weighted by atomic mass is 16.5. The van der Waals surface area contributed by atoms with E-state index in [1.165, 1.54) is 0 Å². The lowest BCUT2D eigenvalue weighted by Gasteiger charge is -2.32. The first-order valence-electron chi connectivity index (χ1n) is 6.78. The molecule has 18 heavy (non-hydrogen) atoms. The Balaban J connectivity index is 1.61. The fraction of sp³-hybridized carbons (Fsp3) is 0.769. The second-order valence-electron chi connectivity index (χ2n) is 5.13. The van der Waals surface area contributed by atoms with Crippen LogP contribution in [-0.2, 0) is 9.53 Å². The molecule has 1 atom stereocenters. The maximum absolute atomic E-state index is 10.8. The van der Waals surface area contributed by atoms with Gasteiger partial charge in [0.2, 0.25) is 5.91 Å². The molecule has 5 heteroatoms. The Bertz CT molecular complexity index is 299. The molecule has 0 spiro atoms. The molecule has 2 aliphatic heterocycles. The van der Waals surface area contributed by atoms with Gasteiger partial charge in [-0.15, -0.1) is 0 Å². The van der Waals surface area contributed by atoms with E-state index in [1.54, 1.807) is 0 Å². The molecule has 102 valence electrons. The average Bonchev–Trinajstić information content (AvgIpc) is 2.38. The van der Waals surface area contributed by atoms with E-state index in [2.05, 4.69) is 16.3 Å². The lowest BCUT2D eigenvalue weighted by molar-refractivity contribution is -0.119. The van der Waals surface area contributed by atoms with Gasteiger partial charge < -0.3 is 15.8 Å². The molecule has 1 saturated heterocycles. The number of allylic oxidation sites excluding steroid dienone is 1. The molecule has 0 aromatic rings. The maximum Gasteiger partial charge on any atom is 0.231 e. The number of hydrogen-bond acceptors (Lipinski definition) is 4. The molecule has 2 rings (SSSR count). The molecule has 2 aliphatic rings. The van der Waals surface area contributed by atoms with Crippen LogP contribution in [0.15, 0.2) is 12.3 Å². The fourth-order valence-corrected chi connectivity index (χ4v) is 2.55. The highest BCUT2D eigenvalue weighted by molar-refractivity contribution is 5.75. The summed E-state index contributed by atoms with van der Waals surface area (Å²) in [7, 11) is 0. The summed E-state index contributed by atoms with van der Waals surface area (Å²) < 4.78 is 5.53. The largest absolute Gasteiger partial charge is 0.497 e. The van der Waals surface area contributed by atoms with E-state index in [1.807, 2.05) is 6.26 Å². The third kappa shape index (κ3) is 4.31. The first-order valence-corrected chi connectivity index (χ1v) is 6.78. The molecule has 0 radical (unpaired) electrons. The lowest BCUT2D eigenvalue weighted by Crippen LogP contribution is -2.46. The number of rotatable bonds is 5. The van der Waals surface area contributed by atoms with Gasteiger partial charge in [0.15, 0.2) is 0 Å². The molecule has 1 fully saturated rings. The molecule has 2 heterocycles. The van der Waals surface area contributed by atoms with E-state index in [0.29, 0.717) is 18.7 Å². The minimum atomic E-state index is -0.233. The van der Waals surface area contributed by atoms with E-state index in [-0.39, 0.29) is 5.91 Å². The van der Waals surface area contributed by atoms with Gasteiger partial charge in [-0.3, -0.25) is 9.69 Å². The van der Waals surface area contributed by atoms with Crippen LogP contribution in [0.5, 0.6) is 0 Å². The van der Waals surface area contributed by atoms with Crippen molar-refractivity contribution < 1.29 is 9.53 Å². The van der Waals surface area contributed by atoms with Crippen molar-refractivity contribution in [2.45, 2.75) is 37.8 Å². The number of hydrogen-bond donors (Lipinski definition) is 2. The van der Waals surface area contributed by atoms with Crippen LogP contribution >= 0.6 is 0 Å².